The lowest BCUT2D eigenvalue weighted by Crippen LogP contribution is -2.37. The first-order valence-electron chi connectivity index (χ1n) is 22.9. The maximum absolute atomic E-state index is 2.54. The molecule has 1 aromatic heterocycles. The highest BCUT2D eigenvalue weighted by Gasteiger charge is 2.38. The van der Waals surface area contributed by atoms with Crippen LogP contribution in [0.4, 0.5) is 17.1 Å². The fourth-order valence-corrected chi connectivity index (χ4v) is 11.9. The van der Waals surface area contributed by atoms with E-state index in [1.165, 1.54) is 110 Å². The molecule has 0 saturated carbocycles. The molecule has 65 heavy (non-hydrogen) atoms. The molecule has 1 aliphatic rings. The minimum Gasteiger partial charge on any atom is -0.310 e. The van der Waals surface area contributed by atoms with Gasteiger partial charge < -0.3 is 9.47 Å². The quantitative estimate of drug-likeness (QED) is 0.145. The zero-order chi connectivity index (χ0) is 44.0. The molecular weight excluding hydrogens is 801 g/mol. The molecule has 0 radical (unpaired) electrons. The maximum Gasteiger partial charge on any atom is 0.0775 e. The van der Waals surface area contributed by atoms with E-state index >= 15 is 0 Å². The number of aromatic nitrogens is 1. The third-order valence-electron chi connectivity index (χ3n) is 14.1. The molecule has 10 aromatic carbocycles. The number of anilines is 3. The zero-order valence-corrected chi connectivity index (χ0v) is 38.6. The Labute approximate surface area is 382 Å². The molecule has 0 fully saturated rings. The Balaban J connectivity index is 1.07. The van der Waals surface area contributed by atoms with Crippen LogP contribution in [-0.4, -0.2) is 12.6 Å². The monoisotopic (exact) mass is 850 g/mol. The summed E-state index contributed by atoms with van der Waals surface area (Å²) in [5.74, 6) is 0. The first-order chi connectivity index (χ1) is 31.6. The van der Waals surface area contributed by atoms with Gasteiger partial charge in [0.1, 0.15) is 0 Å². The predicted octanol–water partition coefficient (Wildman–Crippen LogP) is 16.7. The van der Waals surface area contributed by atoms with Crippen molar-refractivity contribution in [1.29, 1.82) is 0 Å². The Hall–Kier alpha value is -7.46. The van der Waals surface area contributed by atoms with Crippen LogP contribution in [0.5, 0.6) is 0 Å². The lowest BCUT2D eigenvalue weighted by molar-refractivity contribution is 0.660. The molecule has 0 atom stereocenters. The second kappa shape index (κ2) is 14.8. The molecule has 0 N–H and O–H groups in total. The highest BCUT2D eigenvalue weighted by atomic mass is 28.3. The van der Waals surface area contributed by atoms with Gasteiger partial charge in [0.25, 0.3) is 0 Å². The molecule has 1 aliphatic carbocycles. The second-order valence-corrected chi connectivity index (χ2v) is 24.5. The Morgan fingerprint density at radius 3 is 1.60 bits per heavy atom. The van der Waals surface area contributed by atoms with Crippen molar-refractivity contribution in [1.82, 2.24) is 4.57 Å². The van der Waals surface area contributed by atoms with Crippen LogP contribution in [-0.2, 0) is 5.41 Å². The number of fused-ring (bicyclic) bond motifs is 9. The average Bonchev–Trinajstić information content (AvgIpc) is 3.78. The Morgan fingerprint density at radius 1 is 0.415 bits per heavy atom. The van der Waals surface area contributed by atoms with Crippen LogP contribution in [0.15, 0.2) is 212 Å². The summed E-state index contributed by atoms with van der Waals surface area (Å²) < 4.78 is 2.54. The first-order valence-corrected chi connectivity index (χ1v) is 26.4. The minimum absolute atomic E-state index is 0.286. The van der Waals surface area contributed by atoms with Crippen molar-refractivity contribution in [2.45, 2.75) is 38.9 Å². The van der Waals surface area contributed by atoms with E-state index in [0.717, 1.165) is 5.69 Å². The molecule has 12 rings (SSSR count). The van der Waals surface area contributed by atoms with Crippen molar-refractivity contribution < 1.29 is 0 Å². The smallest absolute Gasteiger partial charge is 0.0775 e. The predicted molar refractivity (Wildman–Crippen MR) is 282 cm³/mol. The van der Waals surface area contributed by atoms with Crippen molar-refractivity contribution in [3.8, 4) is 39.1 Å². The van der Waals surface area contributed by atoms with Gasteiger partial charge in [-0.1, -0.05) is 190 Å². The van der Waals surface area contributed by atoms with Gasteiger partial charge in [0.2, 0.25) is 0 Å². The van der Waals surface area contributed by atoms with E-state index in [1.807, 2.05) is 0 Å². The molecule has 1 heterocycles. The van der Waals surface area contributed by atoms with Gasteiger partial charge in [0.05, 0.1) is 30.5 Å². The number of nitrogens with zero attached hydrogens (tertiary/aromatic N) is 2. The molecule has 0 saturated heterocycles. The van der Waals surface area contributed by atoms with E-state index in [4.69, 9.17) is 0 Å². The second-order valence-electron chi connectivity index (χ2n) is 19.4. The molecular formula is C62H50N2Si. The first kappa shape index (κ1) is 39.2. The highest BCUT2D eigenvalue weighted by Crippen LogP contribution is 2.55. The van der Waals surface area contributed by atoms with E-state index < -0.39 is 8.07 Å². The van der Waals surface area contributed by atoms with Crippen LogP contribution in [0.1, 0.15) is 25.0 Å². The normalized spacial score (nSPS) is 13.1. The van der Waals surface area contributed by atoms with Crippen LogP contribution in [0.25, 0.3) is 82.4 Å². The van der Waals surface area contributed by atoms with Gasteiger partial charge in [-0.15, -0.1) is 0 Å². The van der Waals surface area contributed by atoms with E-state index in [2.05, 4.69) is 255 Å². The minimum atomic E-state index is -1.49. The van der Waals surface area contributed by atoms with Crippen LogP contribution in [0, 0.1) is 0 Å². The number of hydrogen-bond acceptors (Lipinski definition) is 1. The zero-order valence-electron chi connectivity index (χ0n) is 37.6. The lowest BCUT2D eigenvalue weighted by atomic mass is 9.81. The molecule has 312 valence electrons. The number of hydrogen-bond donors (Lipinski definition) is 0. The number of rotatable bonds is 7. The molecule has 0 unspecified atom stereocenters. The Morgan fingerprint density at radius 2 is 0.969 bits per heavy atom. The third kappa shape index (κ3) is 6.29. The summed E-state index contributed by atoms with van der Waals surface area (Å²) >= 11 is 0. The van der Waals surface area contributed by atoms with Crippen LogP contribution >= 0.6 is 0 Å². The van der Waals surface area contributed by atoms with Crippen molar-refractivity contribution >= 4 is 73.7 Å². The van der Waals surface area contributed by atoms with Crippen LogP contribution < -0.4 is 10.1 Å². The largest absolute Gasteiger partial charge is 0.310 e. The third-order valence-corrected chi connectivity index (χ3v) is 16.2. The maximum atomic E-state index is 2.54. The van der Waals surface area contributed by atoms with Crippen molar-refractivity contribution in [2.24, 2.45) is 0 Å². The van der Waals surface area contributed by atoms with Gasteiger partial charge >= 0.3 is 0 Å². The van der Waals surface area contributed by atoms with Gasteiger partial charge in [0, 0.05) is 38.3 Å². The lowest BCUT2D eigenvalue weighted by Gasteiger charge is -2.29. The van der Waals surface area contributed by atoms with E-state index in [0.29, 0.717) is 0 Å². The fraction of sp³-hybridized carbons (Fsp3) is 0.0968. The summed E-state index contributed by atoms with van der Waals surface area (Å²) in [6.07, 6.45) is 0. The molecule has 0 amide bonds. The van der Waals surface area contributed by atoms with Crippen molar-refractivity contribution in [3.05, 3.63) is 223 Å². The Bertz CT molecular complexity index is 3550. The Kier molecular flexibility index (Phi) is 8.92. The summed E-state index contributed by atoms with van der Waals surface area (Å²) in [5.41, 5.74) is 17.1. The standard InChI is InChI=1S/C62H50N2Si/c1-62(2)55-39-47(63(46-29-32-48(33-30-46)65(3,4)5)57-26-16-22-43-21-12-13-23-49(43)57)31-34-52(55)61-51-25-15-14-24-50(51)60(40-56(61)62)64-58-35-27-44(41-17-8-6-9-18-41)37-53(58)54-38-45(28-36-59(54)64)42-19-10-7-11-20-42/h6-40H,1-5H3. The molecule has 0 spiro atoms. The topological polar surface area (TPSA) is 8.17 Å². The average molecular weight is 851 g/mol. The van der Waals surface area contributed by atoms with Crippen molar-refractivity contribution in [3.63, 3.8) is 0 Å². The van der Waals surface area contributed by atoms with Gasteiger partial charge in [0.15, 0.2) is 0 Å². The molecule has 2 nitrogen and oxygen atoms in total. The van der Waals surface area contributed by atoms with E-state index in [-0.39, 0.29) is 5.41 Å². The van der Waals surface area contributed by atoms with Crippen LogP contribution in [0.2, 0.25) is 19.6 Å². The summed E-state index contributed by atoms with van der Waals surface area (Å²) in [6.45, 7) is 12.1. The molecule has 0 aliphatic heterocycles. The van der Waals surface area contributed by atoms with Gasteiger partial charge in [-0.25, -0.2) is 0 Å². The SMILES string of the molecule is CC1(C)c2cc(N(c3ccc([Si](C)(C)C)cc3)c3cccc4ccccc34)ccc2-c2c1cc(-n1c3ccc(-c4ccccc4)cc3c3cc(-c4ccccc4)ccc31)c1ccccc21. The van der Waals surface area contributed by atoms with Gasteiger partial charge in [-0.05, 0) is 116 Å². The summed E-state index contributed by atoms with van der Waals surface area (Å²) in [7, 11) is -1.49. The molecule has 0 bridgehead atoms. The highest BCUT2D eigenvalue weighted by molar-refractivity contribution is 6.88. The molecule has 11 aromatic rings. The number of benzene rings is 10. The van der Waals surface area contributed by atoms with Crippen molar-refractivity contribution in [2.75, 3.05) is 4.90 Å². The summed E-state index contributed by atoms with van der Waals surface area (Å²) in [6, 6.07) is 79.3. The van der Waals surface area contributed by atoms with Crippen LogP contribution in [0.3, 0.4) is 0 Å². The van der Waals surface area contributed by atoms with E-state index in [9.17, 15) is 0 Å². The van der Waals surface area contributed by atoms with Gasteiger partial charge in [-0.3, -0.25) is 0 Å². The van der Waals surface area contributed by atoms with E-state index in [1.54, 1.807) is 0 Å². The van der Waals surface area contributed by atoms with Gasteiger partial charge in [-0.2, -0.15) is 0 Å². The summed E-state index contributed by atoms with van der Waals surface area (Å²) in [5, 5.41) is 8.97. The summed E-state index contributed by atoms with van der Waals surface area (Å²) in [4.78, 5) is 2.48. The fourth-order valence-electron chi connectivity index (χ4n) is 10.7. The molecule has 3 heteroatoms.